The average Bonchev–Trinajstić information content (AvgIpc) is 3.18. The van der Waals surface area contributed by atoms with Crippen molar-refractivity contribution in [1.82, 2.24) is 25.5 Å². The van der Waals surface area contributed by atoms with E-state index in [1.54, 1.807) is 29.6 Å². The fourth-order valence-corrected chi connectivity index (χ4v) is 5.63. The quantitative estimate of drug-likeness (QED) is 0.493. The number of para-hydroxylation sites is 2. The molecule has 0 spiro atoms. The highest BCUT2D eigenvalue weighted by Crippen LogP contribution is 2.65. The second kappa shape index (κ2) is 9.91. The SMILES string of the molecule is CC(C)(C)[C@H](NC(=O)C(F)(F)F)C(=O)N1C[C@H]2[C@@H]([C@H]1C(=O)N[C@@H](C#N)Cc1nc3ccccc3[nH]c1=O)C2(C)C. The highest BCUT2D eigenvalue weighted by Gasteiger charge is 2.70. The number of hydrogen-bond acceptors (Lipinski definition) is 6. The van der Waals surface area contributed by atoms with E-state index in [2.05, 4.69) is 15.3 Å². The molecule has 2 aromatic rings. The van der Waals surface area contributed by atoms with Crippen molar-refractivity contribution in [3.63, 3.8) is 0 Å². The van der Waals surface area contributed by atoms with Gasteiger partial charge in [-0.15, -0.1) is 0 Å². The molecule has 1 aromatic carbocycles. The number of aromatic amines is 1. The lowest BCUT2D eigenvalue weighted by molar-refractivity contribution is -0.176. The molecule has 1 aliphatic carbocycles. The minimum Gasteiger partial charge on any atom is -0.338 e. The first-order chi connectivity index (χ1) is 18.5. The maximum atomic E-state index is 13.6. The lowest BCUT2D eigenvalue weighted by Gasteiger charge is -2.37. The molecule has 13 heteroatoms. The maximum absolute atomic E-state index is 13.6. The summed E-state index contributed by atoms with van der Waals surface area (Å²) in [6.07, 6.45) is -5.39. The molecule has 214 valence electrons. The number of nitriles is 1. The Kier molecular flexibility index (Phi) is 7.19. The monoisotopic (exact) mass is 560 g/mol. The molecule has 2 aliphatic rings. The predicted octanol–water partition coefficient (Wildman–Crippen LogP) is 2.05. The van der Waals surface area contributed by atoms with E-state index in [1.165, 1.54) is 25.7 Å². The number of carbonyl (C=O) groups is 3. The molecule has 1 aliphatic heterocycles. The Hall–Kier alpha value is -3.95. The summed E-state index contributed by atoms with van der Waals surface area (Å²) in [5.74, 6) is -4.10. The number of H-pyrrole nitrogens is 1. The standard InChI is InChI=1S/C27H31F3N6O4/c1-25(2,3)20(35-24(40)27(28,29)30)23(39)36-12-14-18(26(14,4)5)19(36)22(38)32-13(11-31)10-17-21(37)34-16-9-7-6-8-15(16)33-17/h6-9,13-14,18-20H,10,12H2,1-5H3,(H,32,38)(H,34,37)(H,35,40)/t13-,14+,18+,19+,20-/m1/s1. The molecule has 0 radical (unpaired) electrons. The summed E-state index contributed by atoms with van der Waals surface area (Å²) in [5, 5.41) is 14.2. The Bertz CT molecular complexity index is 1460. The van der Waals surface area contributed by atoms with Crippen LogP contribution >= 0.6 is 0 Å². The highest BCUT2D eigenvalue weighted by atomic mass is 19.4. The Balaban J connectivity index is 1.57. The molecule has 0 unspecified atom stereocenters. The zero-order valence-corrected chi connectivity index (χ0v) is 22.7. The lowest BCUT2D eigenvalue weighted by Crippen LogP contribution is -2.61. The van der Waals surface area contributed by atoms with Crippen molar-refractivity contribution in [2.24, 2.45) is 22.7 Å². The number of carbonyl (C=O) groups excluding carboxylic acids is 3. The van der Waals surface area contributed by atoms with Crippen molar-refractivity contribution >= 4 is 28.8 Å². The van der Waals surface area contributed by atoms with Gasteiger partial charge in [0.1, 0.15) is 23.8 Å². The van der Waals surface area contributed by atoms with Crippen LogP contribution in [0.5, 0.6) is 0 Å². The van der Waals surface area contributed by atoms with Crippen LogP contribution in [0.2, 0.25) is 0 Å². The number of nitrogens with one attached hydrogen (secondary N) is 3. The topological polar surface area (TPSA) is 148 Å². The number of fused-ring (bicyclic) bond motifs is 2. The molecule has 1 saturated carbocycles. The van der Waals surface area contributed by atoms with Crippen LogP contribution in [0.3, 0.4) is 0 Å². The van der Waals surface area contributed by atoms with Gasteiger partial charge < -0.3 is 20.5 Å². The predicted molar refractivity (Wildman–Crippen MR) is 137 cm³/mol. The first-order valence-corrected chi connectivity index (χ1v) is 12.8. The summed E-state index contributed by atoms with van der Waals surface area (Å²) in [6, 6.07) is 5.01. The third kappa shape index (κ3) is 5.39. The molecule has 3 N–H and O–H groups in total. The molecule has 40 heavy (non-hydrogen) atoms. The van der Waals surface area contributed by atoms with Gasteiger partial charge in [-0.25, -0.2) is 4.98 Å². The van der Waals surface area contributed by atoms with Crippen LogP contribution in [0, 0.1) is 34.0 Å². The smallest absolute Gasteiger partial charge is 0.338 e. The van der Waals surface area contributed by atoms with Crippen LogP contribution in [0.25, 0.3) is 11.0 Å². The second-order valence-corrected chi connectivity index (χ2v) is 12.1. The van der Waals surface area contributed by atoms with Crippen molar-refractivity contribution < 1.29 is 27.6 Å². The molecule has 3 amide bonds. The van der Waals surface area contributed by atoms with Crippen molar-refractivity contribution in [2.75, 3.05) is 6.54 Å². The Labute approximate surface area is 228 Å². The molecule has 4 rings (SSSR count). The van der Waals surface area contributed by atoms with E-state index in [0.29, 0.717) is 11.0 Å². The average molecular weight is 561 g/mol. The van der Waals surface area contributed by atoms with Crippen LogP contribution in [-0.4, -0.2) is 63.4 Å². The number of nitrogens with zero attached hydrogens (tertiary/aromatic N) is 3. The fourth-order valence-electron chi connectivity index (χ4n) is 5.63. The van der Waals surface area contributed by atoms with E-state index < -0.39 is 53.0 Å². The molecule has 1 saturated heterocycles. The lowest BCUT2D eigenvalue weighted by atomic mass is 9.85. The van der Waals surface area contributed by atoms with E-state index >= 15 is 0 Å². The Morgan fingerprint density at radius 3 is 2.45 bits per heavy atom. The molecule has 1 aromatic heterocycles. The van der Waals surface area contributed by atoms with Gasteiger partial charge in [0.25, 0.3) is 5.56 Å². The normalized spacial score (nSPS) is 23.1. The summed E-state index contributed by atoms with van der Waals surface area (Å²) in [4.78, 5) is 59.7. The van der Waals surface area contributed by atoms with Gasteiger partial charge in [0.05, 0.1) is 17.1 Å². The van der Waals surface area contributed by atoms with Gasteiger partial charge in [0.15, 0.2) is 0 Å². The molecular formula is C27H31F3N6O4. The van der Waals surface area contributed by atoms with Crippen molar-refractivity contribution in [3.8, 4) is 6.07 Å². The molecular weight excluding hydrogens is 529 g/mol. The van der Waals surface area contributed by atoms with Gasteiger partial charge in [-0.05, 0) is 34.8 Å². The van der Waals surface area contributed by atoms with Crippen molar-refractivity contribution in [1.29, 1.82) is 5.26 Å². The summed E-state index contributed by atoms with van der Waals surface area (Å²) in [7, 11) is 0. The zero-order chi connectivity index (χ0) is 29.8. The maximum Gasteiger partial charge on any atom is 0.471 e. The minimum atomic E-state index is -5.19. The number of rotatable bonds is 6. The molecule has 2 heterocycles. The minimum absolute atomic E-state index is 0.0391. The van der Waals surface area contributed by atoms with Gasteiger partial charge in [-0.1, -0.05) is 46.8 Å². The second-order valence-electron chi connectivity index (χ2n) is 12.1. The number of amides is 3. The van der Waals surface area contributed by atoms with Crippen LogP contribution in [0.4, 0.5) is 13.2 Å². The van der Waals surface area contributed by atoms with E-state index in [4.69, 9.17) is 0 Å². The van der Waals surface area contributed by atoms with Crippen LogP contribution in [0.15, 0.2) is 29.1 Å². The van der Waals surface area contributed by atoms with E-state index in [-0.39, 0.29) is 35.9 Å². The van der Waals surface area contributed by atoms with Crippen molar-refractivity contribution in [3.05, 3.63) is 40.3 Å². The molecule has 0 bridgehead atoms. The number of benzene rings is 1. The van der Waals surface area contributed by atoms with Gasteiger partial charge in [-0.2, -0.15) is 18.4 Å². The first kappa shape index (κ1) is 29.0. The number of alkyl halides is 3. The number of hydrogen-bond donors (Lipinski definition) is 3. The largest absolute Gasteiger partial charge is 0.471 e. The number of halogens is 3. The third-order valence-corrected chi connectivity index (χ3v) is 7.95. The fraction of sp³-hybridized carbons (Fsp3) is 0.556. The Morgan fingerprint density at radius 2 is 1.85 bits per heavy atom. The summed E-state index contributed by atoms with van der Waals surface area (Å²) < 4.78 is 39.1. The zero-order valence-electron chi connectivity index (χ0n) is 22.7. The van der Waals surface area contributed by atoms with E-state index in [1.807, 2.05) is 19.9 Å². The van der Waals surface area contributed by atoms with Gasteiger partial charge in [-0.3, -0.25) is 19.2 Å². The number of likely N-dealkylation sites (tertiary alicyclic amines) is 1. The molecule has 5 atom stereocenters. The highest BCUT2D eigenvalue weighted by molar-refractivity contribution is 5.95. The summed E-state index contributed by atoms with van der Waals surface area (Å²) in [6.45, 7) is 8.52. The summed E-state index contributed by atoms with van der Waals surface area (Å²) in [5.41, 5.74) is -0.866. The van der Waals surface area contributed by atoms with Crippen LogP contribution in [-0.2, 0) is 20.8 Å². The summed E-state index contributed by atoms with van der Waals surface area (Å²) >= 11 is 0. The van der Waals surface area contributed by atoms with Crippen molar-refractivity contribution in [2.45, 2.75) is 65.3 Å². The molecule has 10 nitrogen and oxygen atoms in total. The van der Waals surface area contributed by atoms with Crippen LogP contribution in [0.1, 0.15) is 40.3 Å². The van der Waals surface area contributed by atoms with Gasteiger partial charge in [0.2, 0.25) is 11.8 Å². The van der Waals surface area contributed by atoms with Gasteiger partial charge in [0, 0.05) is 13.0 Å². The number of aromatic nitrogens is 2. The third-order valence-electron chi connectivity index (χ3n) is 7.95. The van der Waals surface area contributed by atoms with E-state index in [0.717, 1.165) is 0 Å². The first-order valence-electron chi connectivity index (χ1n) is 12.8. The van der Waals surface area contributed by atoms with Gasteiger partial charge >= 0.3 is 12.1 Å². The van der Waals surface area contributed by atoms with Crippen LogP contribution < -0.4 is 16.2 Å². The van der Waals surface area contributed by atoms with E-state index in [9.17, 15) is 37.6 Å². The Morgan fingerprint density at radius 1 is 1.20 bits per heavy atom. The number of piperidine rings is 1. The molecule has 2 fully saturated rings.